The van der Waals surface area contributed by atoms with Gasteiger partial charge in [0.2, 0.25) is 11.7 Å². The van der Waals surface area contributed by atoms with Crippen LogP contribution in [0.15, 0.2) is 47.0 Å². The van der Waals surface area contributed by atoms with Crippen molar-refractivity contribution in [2.45, 2.75) is 12.8 Å². The lowest BCUT2D eigenvalue weighted by Crippen LogP contribution is -2.21. The quantitative estimate of drug-likeness (QED) is 0.313. The Labute approximate surface area is 179 Å². The van der Waals surface area contributed by atoms with Crippen LogP contribution in [0.4, 0.5) is 15.8 Å². The zero-order chi connectivity index (χ0) is 22.4. The molecule has 160 valence electrons. The fourth-order valence-corrected chi connectivity index (χ4v) is 2.61. The molecule has 3 aromatic rings. The van der Waals surface area contributed by atoms with Gasteiger partial charge >= 0.3 is 5.97 Å². The molecule has 0 spiro atoms. The summed E-state index contributed by atoms with van der Waals surface area (Å²) >= 11 is 5.70. The van der Waals surface area contributed by atoms with E-state index in [1.165, 1.54) is 36.4 Å². The predicted octanol–water partition coefficient (Wildman–Crippen LogP) is 3.55. The molecule has 0 unspecified atom stereocenters. The lowest BCUT2D eigenvalue weighted by atomic mass is 10.2. The molecule has 0 saturated carbocycles. The van der Waals surface area contributed by atoms with E-state index in [-0.39, 0.29) is 41.0 Å². The average Bonchev–Trinajstić information content (AvgIpc) is 3.21. The van der Waals surface area contributed by atoms with Crippen LogP contribution in [0.3, 0.4) is 0 Å². The second-order valence-corrected chi connectivity index (χ2v) is 6.56. The van der Waals surface area contributed by atoms with E-state index in [0.29, 0.717) is 5.56 Å². The molecule has 10 nitrogen and oxygen atoms in total. The summed E-state index contributed by atoms with van der Waals surface area (Å²) in [5.41, 5.74) is 0.324. The first-order valence-corrected chi connectivity index (χ1v) is 9.17. The van der Waals surface area contributed by atoms with Gasteiger partial charge < -0.3 is 14.6 Å². The third-order valence-corrected chi connectivity index (χ3v) is 4.22. The number of benzene rings is 2. The Morgan fingerprint density at radius 2 is 1.97 bits per heavy atom. The fourth-order valence-electron chi connectivity index (χ4n) is 2.43. The highest BCUT2D eigenvalue weighted by atomic mass is 35.5. The van der Waals surface area contributed by atoms with Gasteiger partial charge in [-0.1, -0.05) is 16.8 Å². The van der Waals surface area contributed by atoms with Gasteiger partial charge in [0.1, 0.15) is 10.8 Å². The summed E-state index contributed by atoms with van der Waals surface area (Å²) in [6.07, 6.45) is -0.0389. The molecule has 0 fully saturated rings. The van der Waals surface area contributed by atoms with Crippen molar-refractivity contribution in [1.29, 1.82) is 0 Å². The molecule has 0 aliphatic heterocycles. The monoisotopic (exact) mass is 448 g/mol. The van der Waals surface area contributed by atoms with E-state index >= 15 is 0 Å². The molecule has 2 aromatic carbocycles. The van der Waals surface area contributed by atoms with Crippen molar-refractivity contribution in [3.05, 3.63) is 69.3 Å². The molecule has 12 heteroatoms. The van der Waals surface area contributed by atoms with E-state index in [1.807, 2.05) is 0 Å². The minimum absolute atomic E-state index is 0.0713. The van der Waals surface area contributed by atoms with Gasteiger partial charge in [-0.3, -0.25) is 19.7 Å². The van der Waals surface area contributed by atoms with Gasteiger partial charge in [0.05, 0.1) is 11.3 Å². The van der Waals surface area contributed by atoms with Gasteiger partial charge in [-0.25, -0.2) is 4.39 Å². The van der Waals surface area contributed by atoms with Crippen LogP contribution >= 0.6 is 11.6 Å². The third kappa shape index (κ3) is 6.06. The number of nitro groups is 1. The highest BCUT2D eigenvalue weighted by molar-refractivity contribution is 6.32. The van der Waals surface area contributed by atoms with Crippen LogP contribution in [-0.2, 0) is 20.7 Å². The minimum atomic E-state index is -0.683. The number of aromatic nitrogens is 2. The molecular formula is C19H14ClFN4O6. The number of carbonyl (C=O) groups is 2. The fraction of sp³-hybridized carbons (Fsp3) is 0.158. The normalized spacial score (nSPS) is 10.5. The van der Waals surface area contributed by atoms with E-state index in [2.05, 4.69) is 15.5 Å². The summed E-state index contributed by atoms with van der Waals surface area (Å²) in [7, 11) is 0. The Morgan fingerprint density at radius 1 is 1.23 bits per heavy atom. The maximum Gasteiger partial charge on any atom is 0.306 e. The number of nitrogens with one attached hydrogen (secondary N) is 1. The van der Waals surface area contributed by atoms with Crippen molar-refractivity contribution in [3.8, 4) is 11.4 Å². The number of amides is 1. The Bertz CT molecular complexity index is 1120. The lowest BCUT2D eigenvalue weighted by Gasteiger charge is -2.06. The van der Waals surface area contributed by atoms with Gasteiger partial charge in [0.15, 0.2) is 6.61 Å². The second kappa shape index (κ2) is 9.76. The first-order valence-electron chi connectivity index (χ1n) is 8.80. The van der Waals surface area contributed by atoms with Gasteiger partial charge in [-0.15, -0.1) is 0 Å². The Hall–Kier alpha value is -3.86. The number of hydrogen-bond donors (Lipinski definition) is 1. The van der Waals surface area contributed by atoms with E-state index in [0.717, 1.165) is 6.07 Å². The maximum atomic E-state index is 13.0. The van der Waals surface area contributed by atoms with Crippen LogP contribution in [0.25, 0.3) is 11.4 Å². The number of aryl methyl sites for hydroxylation is 1. The maximum absolute atomic E-state index is 13.0. The van der Waals surface area contributed by atoms with Crippen LogP contribution in [0.2, 0.25) is 5.02 Å². The molecular weight excluding hydrogens is 435 g/mol. The molecule has 31 heavy (non-hydrogen) atoms. The van der Waals surface area contributed by atoms with Gasteiger partial charge in [-0.2, -0.15) is 4.98 Å². The van der Waals surface area contributed by atoms with Crippen LogP contribution in [0.1, 0.15) is 12.3 Å². The topological polar surface area (TPSA) is 137 Å². The summed E-state index contributed by atoms with van der Waals surface area (Å²) in [5, 5.41) is 16.9. The van der Waals surface area contributed by atoms with E-state index in [1.54, 1.807) is 0 Å². The Balaban J connectivity index is 1.45. The second-order valence-electron chi connectivity index (χ2n) is 6.15. The molecule has 0 aliphatic rings. The zero-order valence-corrected chi connectivity index (χ0v) is 16.5. The summed E-state index contributed by atoms with van der Waals surface area (Å²) in [4.78, 5) is 38.0. The average molecular weight is 449 g/mol. The molecule has 1 amide bonds. The van der Waals surface area contributed by atoms with Crippen molar-refractivity contribution >= 4 is 34.9 Å². The first-order chi connectivity index (χ1) is 14.8. The van der Waals surface area contributed by atoms with Crippen molar-refractivity contribution in [2.24, 2.45) is 0 Å². The van der Waals surface area contributed by atoms with Crippen molar-refractivity contribution in [1.82, 2.24) is 10.1 Å². The zero-order valence-electron chi connectivity index (χ0n) is 15.7. The van der Waals surface area contributed by atoms with E-state index in [9.17, 15) is 24.1 Å². The molecule has 1 aromatic heterocycles. The number of ether oxygens (including phenoxy) is 1. The number of nitrogens with zero attached hydrogens (tertiary/aromatic N) is 3. The smallest absolute Gasteiger partial charge is 0.306 e. The number of nitro benzene ring substituents is 1. The highest BCUT2D eigenvalue weighted by Crippen LogP contribution is 2.27. The van der Waals surface area contributed by atoms with Crippen LogP contribution in [-0.4, -0.2) is 33.5 Å². The molecule has 0 bridgehead atoms. The predicted molar refractivity (Wildman–Crippen MR) is 106 cm³/mol. The minimum Gasteiger partial charge on any atom is -0.456 e. The number of halogens is 2. The summed E-state index contributed by atoms with van der Waals surface area (Å²) in [6.45, 7) is -0.583. The van der Waals surface area contributed by atoms with Crippen molar-refractivity contribution in [2.75, 3.05) is 11.9 Å². The summed E-state index contributed by atoms with van der Waals surface area (Å²) in [6, 6.07) is 9.25. The van der Waals surface area contributed by atoms with Gasteiger partial charge in [-0.05, 0) is 36.4 Å². The number of rotatable bonds is 8. The summed E-state index contributed by atoms with van der Waals surface area (Å²) in [5.74, 6) is -1.33. The summed E-state index contributed by atoms with van der Waals surface area (Å²) < 4.78 is 22.9. The van der Waals surface area contributed by atoms with Crippen LogP contribution in [0, 0.1) is 15.9 Å². The Kier molecular flexibility index (Phi) is 6.88. The Morgan fingerprint density at radius 3 is 2.68 bits per heavy atom. The van der Waals surface area contributed by atoms with Crippen LogP contribution in [0.5, 0.6) is 0 Å². The van der Waals surface area contributed by atoms with E-state index < -0.39 is 29.2 Å². The molecule has 0 saturated heterocycles. The first kappa shape index (κ1) is 21.8. The number of hydrogen-bond acceptors (Lipinski definition) is 8. The number of carbonyl (C=O) groups excluding carboxylic acids is 2. The molecule has 0 aliphatic carbocycles. The van der Waals surface area contributed by atoms with Crippen molar-refractivity contribution < 1.29 is 28.2 Å². The number of anilines is 1. The highest BCUT2D eigenvalue weighted by Gasteiger charge is 2.15. The molecule has 3 rings (SSSR count). The number of esters is 1. The van der Waals surface area contributed by atoms with Gasteiger partial charge in [0, 0.05) is 23.7 Å². The molecule has 0 atom stereocenters. The molecule has 1 N–H and O–H groups in total. The largest absolute Gasteiger partial charge is 0.456 e. The lowest BCUT2D eigenvalue weighted by molar-refractivity contribution is -0.384. The molecule has 1 heterocycles. The van der Waals surface area contributed by atoms with E-state index in [4.69, 9.17) is 20.9 Å². The molecule has 0 radical (unpaired) electrons. The van der Waals surface area contributed by atoms with Crippen LogP contribution < -0.4 is 5.32 Å². The third-order valence-electron chi connectivity index (χ3n) is 3.90. The standard InChI is InChI=1S/C19H14ClFN4O6/c20-14-6-5-13(9-15(14)25(28)29)22-16(26)10-30-18(27)8-7-17-23-19(24-31-17)11-1-3-12(21)4-2-11/h1-6,9H,7-8,10H2,(H,22,26). The SMILES string of the molecule is O=C(COC(=O)CCc1nc(-c2ccc(F)cc2)no1)Nc1ccc(Cl)c([N+](=O)[O-])c1. The van der Waals surface area contributed by atoms with Crippen molar-refractivity contribution in [3.63, 3.8) is 0 Å². The van der Waals surface area contributed by atoms with Gasteiger partial charge in [0.25, 0.3) is 11.6 Å².